The molecule has 2 fully saturated rings. The molecule has 1 aromatic carbocycles. The molecule has 2 aliphatic rings. The fraction of sp³-hybridized carbons (Fsp3) is 0.458. The second-order valence-electron chi connectivity index (χ2n) is 9.05. The van der Waals surface area contributed by atoms with E-state index in [4.69, 9.17) is 0 Å². The van der Waals surface area contributed by atoms with Crippen LogP contribution in [-0.4, -0.2) is 50.0 Å². The van der Waals surface area contributed by atoms with Crippen molar-refractivity contribution >= 4 is 11.8 Å². The number of halogens is 3. The molecule has 5 rings (SSSR count). The minimum Gasteiger partial charge on any atom is -0.304 e. The van der Waals surface area contributed by atoms with Gasteiger partial charge in [-0.25, -0.2) is 0 Å². The summed E-state index contributed by atoms with van der Waals surface area (Å²) in [4.78, 5) is 6.85. The van der Waals surface area contributed by atoms with Crippen molar-refractivity contribution in [2.75, 3.05) is 25.4 Å². The van der Waals surface area contributed by atoms with Crippen LogP contribution in [0.15, 0.2) is 53.8 Å². The lowest BCUT2D eigenvalue weighted by molar-refractivity contribution is -0.137. The van der Waals surface area contributed by atoms with E-state index in [9.17, 15) is 13.2 Å². The van der Waals surface area contributed by atoms with Gasteiger partial charge in [0.05, 0.1) is 5.56 Å². The summed E-state index contributed by atoms with van der Waals surface area (Å²) >= 11 is 1.71. The Morgan fingerprint density at radius 3 is 2.67 bits per heavy atom. The van der Waals surface area contributed by atoms with Gasteiger partial charge in [-0.2, -0.15) is 13.2 Å². The summed E-state index contributed by atoms with van der Waals surface area (Å²) in [5, 5.41) is 9.48. The second kappa shape index (κ2) is 8.76. The maximum atomic E-state index is 12.8. The quantitative estimate of drug-likeness (QED) is 0.346. The van der Waals surface area contributed by atoms with Crippen LogP contribution >= 0.6 is 11.8 Å². The Morgan fingerprint density at radius 1 is 1.12 bits per heavy atom. The molecular formula is C24H26F3N5S. The van der Waals surface area contributed by atoms with Crippen LogP contribution in [0.3, 0.4) is 0 Å². The molecule has 5 nitrogen and oxygen atoms in total. The van der Waals surface area contributed by atoms with Crippen LogP contribution in [-0.2, 0) is 13.2 Å². The smallest absolute Gasteiger partial charge is 0.304 e. The van der Waals surface area contributed by atoms with Crippen molar-refractivity contribution < 1.29 is 13.2 Å². The topological polar surface area (TPSA) is 46.8 Å². The summed E-state index contributed by atoms with van der Waals surface area (Å²) in [5.74, 6) is 2.12. The number of likely N-dealkylation sites (tertiary alicyclic amines) is 1. The zero-order valence-electron chi connectivity index (χ0n) is 18.4. The summed E-state index contributed by atoms with van der Waals surface area (Å²) in [5.41, 5.74) is 1.55. The van der Waals surface area contributed by atoms with Crippen LogP contribution in [0.25, 0.3) is 11.5 Å². The van der Waals surface area contributed by atoms with Crippen molar-refractivity contribution in [1.29, 1.82) is 0 Å². The zero-order valence-corrected chi connectivity index (χ0v) is 19.2. The van der Waals surface area contributed by atoms with E-state index in [0.29, 0.717) is 5.92 Å². The molecule has 2 atom stereocenters. The molecule has 1 aliphatic heterocycles. The van der Waals surface area contributed by atoms with E-state index in [0.717, 1.165) is 66.9 Å². The van der Waals surface area contributed by atoms with E-state index in [2.05, 4.69) is 20.1 Å². The number of rotatable bonds is 7. The van der Waals surface area contributed by atoms with Crippen LogP contribution in [0, 0.1) is 5.41 Å². The highest BCUT2D eigenvalue weighted by Crippen LogP contribution is 2.64. The Morgan fingerprint density at radius 2 is 1.94 bits per heavy atom. The van der Waals surface area contributed by atoms with Gasteiger partial charge in [0.15, 0.2) is 11.0 Å². The molecule has 0 amide bonds. The molecule has 1 saturated carbocycles. The number of hydrogen-bond acceptors (Lipinski definition) is 5. The predicted molar refractivity (Wildman–Crippen MR) is 122 cm³/mol. The first-order chi connectivity index (χ1) is 15.9. The lowest BCUT2D eigenvalue weighted by Crippen LogP contribution is -2.23. The molecule has 3 aromatic rings. The van der Waals surface area contributed by atoms with Crippen LogP contribution < -0.4 is 0 Å². The summed E-state index contributed by atoms with van der Waals surface area (Å²) in [6.07, 6.45) is 0.743. The summed E-state index contributed by atoms with van der Waals surface area (Å²) in [6, 6.07) is 11.5. The molecule has 33 heavy (non-hydrogen) atoms. The molecule has 3 heterocycles. The van der Waals surface area contributed by atoms with Gasteiger partial charge in [-0.05, 0) is 73.5 Å². The van der Waals surface area contributed by atoms with Gasteiger partial charge in [0, 0.05) is 25.5 Å². The van der Waals surface area contributed by atoms with E-state index in [-0.39, 0.29) is 5.41 Å². The Labute approximate surface area is 195 Å². The lowest BCUT2D eigenvalue weighted by Gasteiger charge is -2.16. The van der Waals surface area contributed by atoms with E-state index in [1.165, 1.54) is 12.1 Å². The van der Waals surface area contributed by atoms with Crippen molar-refractivity contribution in [3.05, 3.63) is 59.8 Å². The summed E-state index contributed by atoms with van der Waals surface area (Å²) in [7, 11) is 1.96. The molecule has 1 spiro atoms. The largest absolute Gasteiger partial charge is 0.416 e. The van der Waals surface area contributed by atoms with Gasteiger partial charge in [-0.15, -0.1) is 10.2 Å². The molecule has 2 aromatic heterocycles. The van der Waals surface area contributed by atoms with Gasteiger partial charge in [0.2, 0.25) is 0 Å². The molecule has 1 aliphatic carbocycles. The van der Waals surface area contributed by atoms with Crippen molar-refractivity contribution in [3.8, 4) is 11.5 Å². The van der Waals surface area contributed by atoms with Gasteiger partial charge in [0.25, 0.3) is 0 Å². The molecule has 174 valence electrons. The van der Waals surface area contributed by atoms with Crippen molar-refractivity contribution in [2.24, 2.45) is 12.5 Å². The molecular weight excluding hydrogens is 447 g/mol. The normalized spacial score (nSPS) is 22.8. The van der Waals surface area contributed by atoms with Crippen molar-refractivity contribution in [3.63, 3.8) is 0 Å². The van der Waals surface area contributed by atoms with Crippen LogP contribution in [0.1, 0.15) is 36.3 Å². The molecule has 2 unspecified atom stereocenters. The van der Waals surface area contributed by atoms with Crippen LogP contribution in [0.2, 0.25) is 0 Å². The fourth-order valence-electron chi connectivity index (χ4n) is 4.96. The highest BCUT2D eigenvalue weighted by Gasteiger charge is 2.57. The highest BCUT2D eigenvalue weighted by molar-refractivity contribution is 7.99. The average molecular weight is 474 g/mol. The number of benzene rings is 1. The van der Waals surface area contributed by atoms with Crippen molar-refractivity contribution in [2.45, 2.75) is 36.5 Å². The minimum absolute atomic E-state index is 0.258. The zero-order chi connectivity index (χ0) is 23.1. The second-order valence-corrected chi connectivity index (χ2v) is 10.1. The molecule has 1 saturated heterocycles. The lowest BCUT2D eigenvalue weighted by atomic mass is 9.97. The standard InChI is InChI=1S/C24H26F3N5S/c1-31-21(20-5-2-3-11-28-20)29-30-22(31)33-14-4-12-32-13-10-23(16-32)15-19(23)17-6-8-18(9-7-17)24(25,26)27/h2-3,5-9,11,19H,4,10,12-16H2,1H3. The van der Waals surface area contributed by atoms with Crippen molar-refractivity contribution in [1.82, 2.24) is 24.6 Å². The third kappa shape index (κ3) is 4.66. The predicted octanol–water partition coefficient (Wildman–Crippen LogP) is 5.26. The molecule has 0 N–H and O–H groups in total. The number of nitrogens with zero attached hydrogens (tertiary/aromatic N) is 5. The molecule has 0 radical (unpaired) electrons. The van der Waals surface area contributed by atoms with E-state index in [1.807, 2.05) is 29.8 Å². The number of pyridine rings is 1. The SMILES string of the molecule is Cn1c(SCCCN2CCC3(CC3c3ccc(C(F)(F)F)cc3)C2)nnc1-c1ccccn1. The first kappa shape index (κ1) is 22.4. The monoisotopic (exact) mass is 473 g/mol. The Bertz CT molecular complexity index is 1100. The van der Waals surface area contributed by atoms with Gasteiger partial charge < -0.3 is 9.47 Å². The summed E-state index contributed by atoms with van der Waals surface area (Å²) in [6.45, 7) is 3.13. The Kier molecular flexibility index (Phi) is 5.95. The van der Waals surface area contributed by atoms with Crippen LogP contribution in [0.4, 0.5) is 13.2 Å². The third-order valence-electron chi connectivity index (χ3n) is 6.87. The van der Waals surface area contributed by atoms with E-state index >= 15 is 0 Å². The minimum atomic E-state index is -4.27. The highest BCUT2D eigenvalue weighted by atomic mass is 32.2. The van der Waals surface area contributed by atoms with E-state index in [1.54, 1.807) is 30.1 Å². The van der Waals surface area contributed by atoms with Gasteiger partial charge in [-0.1, -0.05) is 30.0 Å². The molecule has 9 heteroatoms. The first-order valence-corrected chi connectivity index (χ1v) is 12.2. The third-order valence-corrected chi connectivity index (χ3v) is 7.98. The average Bonchev–Trinajstić information content (AvgIpc) is 3.15. The Balaban J connectivity index is 1.09. The van der Waals surface area contributed by atoms with Gasteiger partial charge in [-0.3, -0.25) is 4.98 Å². The van der Waals surface area contributed by atoms with Crippen LogP contribution in [0.5, 0.6) is 0 Å². The molecule has 0 bridgehead atoms. The number of aromatic nitrogens is 4. The summed E-state index contributed by atoms with van der Waals surface area (Å²) < 4.78 is 40.4. The fourth-order valence-corrected chi connectivity index (χ4v) is 5.79. The number of hydrogen-bond donors (Lipinski definition) is 0. The number of thioether (sulfide) groups is 1. The first-order valence-electron chi connectivity index (χ1n) is 11.2. The Hall–Kier alpha value is -2.39. The van der Waals surface area contributed by atoms with E-state index < -0.39 is 11.7 Å². The maximum absolute atomic E-state index is 12.8. The van der Waals surface area contributed by atoms with Gasteiger partial charge >= 0.3 is 6.18 Å². The maximum Gasteiger partial charge on any atom is 0.416 e. The number of alkyl halides is 3. The van der Waals surface area contributed by atoms with Gasteiger partial charge in [0.1, 0.15) is 5.69 Å².